The van der Waals surface area contributed by atoms with Crippen LogP contribution in [0.15, 0.2) is 79.9 Å². The first-order valence-electron chi connectivity index (χ1n) is 8.80. The van der Waals surface area contributed by atoms with Gasteiger partial charge in [0.05, 0.1) is 23.1 Å². The van der Waals surface area contributed by atoms with Crippen LogP contribution in [0.4, 0.5) is 0 Å². The standard InChI is InChI=1S/C23H12N2O3S/c24-12-15(10-16-5-3-9-27-16)22-25-20(13-29-22)19-11-18-17-6-2-1-4-14(17)7-8-21(18)28-23(19)26/h1-11,13H/b15-10-. The first-order valence-corrected chi connectivity index (χ1v) is 9.68. The summed E-state index contributed by atoms with van der Waals surface area (Å²) in [5, 5.41) is 14.7. The molecule has 5 rings (SSSR count). The van der Waals surface area contributed by atoms with E-state index < -0.39 is 5.63 Å². The Morgan fingerprint density at radius 3 is 2.83 bits per heavy atom. The summed E-state index contributed by atoms with van der Waals surface area (Å²) in [6, 6.07) is 19.1. The molecule has 0 aliphatic carbocycles. The van der Waals surface area contributed by atoms with Gasteiger partial charge in [0.1, 0.15) is 22.4 Å². The highest BCUT2D eigenvalue weighted by molar-refractivity contribution is 7.11. The van der Waals surface area contributed by atoms with Crippen molar-refractivity contribution in [3.63, 3.8) is 0 Å². The number of rotatable bonds is 3. The molecule has 0 N–H and O–H groups in total. The van der Waals surface area contributed by atoms with Gasteiger partial charge in [-0.1, -0.05) is 30.3 Å². The molecule has 0 bridgehead atoms. The van der Waals surface area contributed by atoms with Gasteiger partial charge in [-0.25, -0.2) is 9.78 Å². The van der Waals surface area contributed by atoms with E-state index in [2.05, 4.69) is 11.1 Å². The van der Waals surface area contributed by atoms with Gasteiger partial charge in [0.2, 0.25) is 0 Å². The highest BCUT2D eigenvalue weighted by Crippen LogP contribution is 2.30. The molecule has 0 aliphatic rings. The molecule has 5 aromatic rings. The molecule has 0 fully saturated rings. The zero-order valence-electron chi connectivity index (χ0n) is 15.0. The number of hydrogen-bond acceptors (Lipinski definition) is 6. The topological polar surface area (TPSA) is 80.0 Å². The van der Waals surface area contributed by atoms with E-state index in [1.807, 2.05) is 36.4 Å². The van der Waals surface area contributed by atoms with E-state index in [1.165, 1.54) is 11.3 Å². The molecule has 3 aromatic heterocycles. The number of aromatic nitrogens is 1. The van der Waals surface area contributed by atoms with Crippen molar-refractivity contribution < 1.29 is 8.83 Å². The van der Waals surface area contributed by atoms with Crippen molar-refractivity contribution in [2.45, 2.75) is 0 Å². The molecule has 0 atom stereocenters. The first kappa shape index (κ1) is 17.2. The quantitative estimate of drug-likeness (QED) is 0.221. The molecule has 29 heavy (non-hydrogen) atoms. The molecule has 5 nitrogen and oxygen atoms in total. The van der Waals surface area contributed by atoms with E-state index in [0.717, 1.165) is 16.2 Å². The van der Waals surface area contributed by atoms with Crippen LogP contribution in [-0.4, -0.2) is 4.98 Å². The van der Waals surface area contributed by atoms with Crippen molar-refractivity contribution >= 4 is 44.7 Å². The van der Waals surface area contributed by atoms with E-state index in [0.29, 0.717) is 33.2 Å². The highest BCUT2D eigenvalue weighted by Gasteiger charge is 2.15. The number of nitriles is 1. The Morgan fingerprint density at radius 1 is 1.10 bits per heavy atom. The lowest BCUT2D eigenvalue weighted by Crippen LogP contribution is -2.03. The predicted octanol–water partition coefficient (Wildman–Crippen LogP) is 5.73. The number of thiazole rings is 1. The van der Waals surface area contributed by atoms with Crippen LogP contribution in [0.1, 0.15) is 10.8 Å². The molecule has 3 heterocycles. The lowest BCUT2D eigenvalue weighted by atomic mass is 10.0. The molecule has 0 radical (unpaired) electrons. The number of furan rings is 1. The summed E-state index contributed by atoms with van der Waals surface area (Å²) >= 11 is 1.29. The van der Waals surface area contributed by atoms with Crippen molar-refractivity contribution in [3.8, 4) is 17.3 Å². The SMILES string of the molecule is N#C/C(=C/c1ccco1)c1nc(-c2cc3c(ccc4ccccc43)oc2=O)cs1. The van der Waals surface area contributed by atoms with Gasteiger partial charge in [0, 0.05) is 16.8 Å². The zero-order valence-corrected chi connectivity index (χ0v) is 15.8. The minimum Gasteiger partial charge on any atom is -0.465 e. The molecule has 138 valence electrons. The molecule has 0 saturated carbocycles. The Morgan fingerprint density at radius 2 is 2.00 bits per heavy atom. The third kappa shape index (κ3) is 3.04. The fourth-order valence-corrected chi connectivity index (χ4v) is 4.01. The maximum atomic E-state index is 12.6. The van der Waals surface area contributed by atoms with Gasteiger partial charge in [0.25, 0.3) is 0 Å². The molecule has 0 unspecified atom stereocenters. The molecule has 2 aromatic carbocycles. The van der Waals surface area contributed by atoms with E-state index >= 15 is 0 Å². The van der Waals surface area contributed by atoms with Gasteiger partial charge in [-0.05, 0) is 35.0 Å². The van der Waals surface area contributed by atoms with Crippen LogP contribution in [0.3, 0.4) is 0 Å². The normalized spacial score (nSPS) is 11.8. The van der Waals surface area contributed by atoms with Crippen LogP contribution in [0.5, 0.6) is 0 Å². The van der Waals surface area contributed by atoms with Crippen molar-refractivity contribution in [2.75, 3.05) is 0 Å². The van der Waals surface area contributed by atoms with Gasteiger partial charge in [0.15, 0.2) is 0 Å². The third-order valence-electron chi connectivity index (χ3n) is 4.60. The number of nitrogens with zero attached hydrogens (tertiary/aromatic N) is 2. The molecule has 0 saturated heterocycles. The Labute approximate surface area is 168 Å². The van der Waals surface area contributed by atoms with Crippen molar-refractivity contribution in [2.24, 2.45) is 0 Å². The van der Waals surface area contributed by atoms with E-state index in [-0.39, 0.29) is 0 Å². The fourth-order valence-electron chi connectivity index (χ4n) is 3.23. The molecule has 0 aliphatic heterocycles. The summed E-state index contributed by atoms with van der Waals surface area (Å²) < 4.78 is 10.8. The Hall–Kier alpha value is -3.95. The summed E-state index contributed by atoms with van der Waals surface area (Å²) in [6.07, 6.45) is 3.16. The third-order valence-corrected chi connectivity index (χ3v) is 5.48. The van der Waals surface area contributed by atoms with Gasteiger partial charge in [-0.2, -0.15) is 5.26 Å². The summed E-state index contributed by atoms with van der Waals surface area (Å²) in [5.41, 5.74) is 1.29. The molecular formula is C23H12N2O3S. The minimum atomic E-state index is -0.460. The second-order valence-electron chi connectivity index (χ2n) is 6.37. The summed E-state index contributed by atoms with van der Waals surface area (Å²) in [5.74, 6) is 0.565. The summed E-state index contributed by atoms with van der Waals surface area (Å²) in [7, 11) is 0. The van der Waals surface area contributed by atoms with Crippen molar-refractivity contribution in [1.82, 2.24) is 4.98 Å². The maximum absolute atomic E-state index is 12.6. The lowest BCUT2D eigenvalue weighted by Gasteiger charge is -2.04. The van der Waals surface area contributed by atoms with E-state index in [4.69, 9.17) is 8.83 Å². The molecule has 0 spiro atoms. The first-order chi connectivity index (χ1) is 14.2. The van der Waals surface area contributed by atoms with Crippen LogP contribution in [0.25, 0.3) is 44.6 Å². The number of hydrogen-bond donors (Lipinski definition) is 0. The molecule has 0 amide bonds. The Kier molecular flexibility index (Phi) is 4.08. The van der Waals surface area contributed by atoms with Crippen LogP contribution >= 0.6 is 11.3 Å². The predicted molar refractivity (Wildman–Crippen MR) is 113 cm³/mol. The van der Waals surface area contributed by atoms with Crippen LogP contribution < -0.4 is 5.63 Å². The minimum absolute atomic E-state index is 0.367. The van der Waals surface area contributed by atoms with Gasteiger partial charge >= 0.3 is 5.63 Å². The summed E-state index contributed by atoms with van der Waals surface area (Å²) in [4.78, 5) is 17.1. The van der Waals surface area contributed by atoms with Crippen LogP contribution in [-0.2, 0) is 0 Å². The zero-order chi connectivity index (χ0) is 19.8. The van der Waals surface area contributed by atoms with Gasteiger partial charge < -0.3 is 8.83 Å². The Balaban J connectivity index is 1.65. The highest BCUT2D eigenvalue weighted by atomic mass is 32.1. The number of fused-ring (bicyclic) bond motifs is 3. The second-order valence-corrected chi connectivity index (χ2v) is 7.23. The fraction of sp³-hybridized carbons (Fsp3) is 0. The average molecular weight is 396 g/mol. The second kappa shape index (κ2) is 6.89. The summed E-state index contributed by atoms with van der Waals surface area (Å²) in [6.45, 7) is 0. The van der Waals surface area contributed by atoms with Crippen molar-refractivity contribution in [3.05, 3.63) is 87.4 Å². The number of benzene rings is 2. The van der Waals surface area contributed by atoms with Crippen LogP contribution in [0, 0.1) is 11.3 Å². The van der Waals surface area contributed by atoms with Gasteiger partial charge in [-0.3, -0.25) is 0 Å². The van der Waals surface area contributed by atoms with E-state index in [1.54, 1.807) is 35.9 Å². The van der Waals surface area contributed by atoms with Crippen LogP contribution in [0.2, 0.25) is 0 Å². The smallest absolute Gasteiger partial charge is 0.345 e. The largest absolute Gasteiger partial charge is 0.465 e. The monoisotopic (exact) mass is 396 g/mol. The molecule has 6 heteroatoms. The maximum Gasteiger partial charge on any atom is 0.345 e. The average Bonchev–Trinajstić information content (AvgIpc) is 3.43. The number of allylic oxidation sites excluding steroid dienone is 1. The van der Waals surface area contributed by atoms with Gasteiger partial charge in [-0.15, -0.1) is 11.3 Å². The Bertz CT molecular complexity index is 1480. The molecular weight excluding hydrogens is 384 g/mol. The lowest BCUT2D eigenvalue weighted by molar-refractivity contribution is 0.557. The van der Waals surface area contributed by atoms with E-state index in [9.17, 15) is 10.1 Å². The van der Waals surface area contributed by atoms with Crippen molar-refractivity contribution in [1.29, 1.82) is 5.26 Å².